The maximum atomic E-state index is 5.73. The van der Waals surface area contributed by atoms with Crippen molar-refractivity contribution >= 4 is 10.9 Å². The Morgan fingerprint density at radius 1 is 1.19 bits per heavy atom. The van der Waals surface area contributed by atoms with Crippen LogP contribution in [0.3, 0.4) is 0 Å². The second kappa shape index (κ2) is 8.20. The zero-order chi connectivity index (χ0) is 15.1. The predicted octanol–water partition coefficient (Wildman–Crippen LogP) is 3.81. The van der Waals surface area contributed by atoms with Gasteiger partial charge in [-0.1, -0.05) is 32.9 Å². The summed E-state index contributed by atoms with van der Waals surface area (Å²) in [6, 6.07) is 8.76. The van der Waals surface area contributed by atoms with Gasteiger partial charge >= 0.3 is 0 Å². The van der Waals surface area contributed by atoms with Crippen LogP contribution in [-0.2, 0) is 17.8 Å². The molecule has 2 rings (SSSR count). The molecule has 0 bridgehead atoms. The van der Waals surface area contributed by atoms with E-state index >= 15 is 0 Å². The first kappa shape index (κ1) is 16.1. The fourth-order valence-electron chi connectivity index (χ4n) is 2.48. The molecule has 21 heavy (non-hydrogen) atoms. The summed E-state index contributed by atoms with van der Waals surface area (Å²) in [5.41, 5.74) is 2.67. The topological polar surface area (TPSA) is 26.2 Å². The minimum Gasteiger partial charge on any atom is -0.380 e. The average molecular weight is 288 g/mol. The predicted molar refractivity (Wildman–Crippen MR) is 89.6 cm³/mol. The summed E-state index contributed by atoms with van der Waals surface area (Å²) >= 11 is 0. The smallest absolute Gasteiger partial charge is 0.0645 e. The third-order valence-corrected chi connectivity index (χ3v) is 3.79. The number of hydrogen-bond donors (Lipinski definition) is 1. The molecule has 0 aliphatic heterocycles. The first-order chi connectivity index (χ1) is 10.2. The second-order valence-corrected chi connectivity index (χ2v) is 5.93. The largest absolute Gasteiger partial charge is 0.380 e. The van der Waals surface area contributed by atoms with Crippen LogP contribution in [0.4, 0.5) is 0 Å². The van der Waals surface area contributed by atoms with Crippen LogP contribution in [0.25, 0.3) is 10.9 Å². The number of benzene rings is 1. The second-order valence-electron chi connectivity index (χ2n) is 5.93. The summed E-state index contributed by atoms with van der Waals surface area (Å²) in [6.45, 7) is 11.1. The minimum atomic E-state index is 0.714. The lowest BCUT2D eigenvalue weighted by Gasteiger charge is -2.09. The van der Waals surface area contributed by atoms with Crippen molar-refractivity contribution in [3.05, 3.63) is 36.0 Å². The molecular weight excluding hydrogens is 260 g/mol. The third kappa shape index (κ3) is 4.58. The van der Waals surface area contributed by atoms with Crippen molar-refractivity contribution in [2.24, 2.45) is 5.92 Å². The highest BCUT2D eigenvalue weighted by molar-refractivity contribution is 5.83. The first-order valence-electron chi connectivity index (χ1n) is 8.07. The molecule has 1 N–H and O–H groups in total. The fourth-order valence-corrected chi connectivity index (χ4v) is 2.48. The molecule has 116 valence electrons. The van der Waals surface area contributed by atoms with Gasteiger partial charge in [0.15, 0.2) is 0 Å². The van der Waals surface area contributed by atoms with E-state index in [1.807, 2.05) is 0 Å². The number of ether oxygens (including phenoxy) is 1. The van der Waals surface area contributed by atoms with E-state index in [-0.39, 0.29) is 0 Å². The Kier molecular flexibility index (Phi) is 6.27. The number of aromatic nitrogens is 1. The van der Waals surface area contributed by atoms with E-state index in [0.717, 1.165) is 39.3 Å². The monoisotopic (exact) mass is 288 g/mol. The van der Waals surface area contributed by atoms with E-state index in [1.165, 1.54) is 16.5 Å². The molecule has 2 aromatic rings. The van der Waals surface area contributed by atoms with Crippen LogP contribution in [0.15, 0.2) is 30.5 Å². The Morgan fingerprint density at radius 3 is 2.81 bits per heavy atom. The molecule has 0 aliphatic rings. The van der Waals surface area contributed by atoms with E-state index in [0.29, 0.717) is 5.92 Å². The molecule has 0 saturated heterocycles. The van der Waals surface area contributed by atoms with E-state index in [1.54, 1.807) is 0 Å². The lowest BCUT2D eigenvalue weighted by atomic mass is 10.1. The van der Waals surface area contributed by atoms with E-state index in [4.69, 9.17) is 4.74 Å². The van der Waals surface area contributed by atoms with E-state index < -0.39 is 0 Å². The maximum absolute atomic E-state index is 5.73. The van der Waals surface area contributed by atoms with Crippen LogP contribution in [0, 0.1) is 5.92 Å². The Labute approximate surface area is 128 Å². The SMILES string of the molecule is CCNCc1cccc2c1ccn2CCOCCC(C)C. The van der Waals surface area contributed by atoms with Gasteiger partial charge in [-0.15, -0.1) is 0 Å². The van der Waals surface area contributed by atoms with Gasteiger partial charge in [-0.25, -0.2) is 0 Å². The fraction of sp³-hybridized carbons (Fsp3) is 0.556. The molecule has 3 heteroatoms. The van der Waals surface area contributed by atoms with Crippen LogP contribution in [0.5, 0.6) is 0 Å². The molecule has 0 spiro atoms. The van der Waals surface area contributed by atoms with Crippen molar-refractivity contribution in [3.8, 4) is 0 Å². The summed E-state index contributed by atoms with van der Waals surface area (Å²) in [7, 11) is 0. The molecule has 1 aromatic heterocycles. The lowest BCUT2D eigenvalue weighted by Crippen LogP contribution is -2.12. The molecule has 0 fully saturated rings. The number of hydrogen-bond acceptors (Lipinski definition) is 2. The zero-order valence-corrected chi connectivity index (χ0v) is 13.6. The highest BCUT2D eigenvalue weighted by atomic mass is 16.5. The standard InChI is InChI=1S/C18H28N2O/c1-4-19-14-16-6-5-7-18-17(16)8-10-20(18)11-13-21-12-9-15(2)3/h5-8,10,15,19H,4,9,11-14H2,1-3H3. The Morgan fingerprint density at radius 2 is 2.05 bits per heavy atom. The van der Waals surface area contributed by atoms with Gasteiger partial charge in [0.2, 0.25) is 0 Å². The molecule has 0 unspecified atom stereocenters. The number of rotatable bonds is 9. The Balaban J connectivity index is 1.95. The van der Waals surface area contributed by atoms with Gasteiger partial charge in [0.1, 0.15) is 0 Å². The zero-order valence-electron chi connectivity index (χ0n) is 13.6. The van der Waals surface area contributed by atoms with Crippen LogP contribution >= 0.6 is 0 Å². The summed E-state index contributed by atoms with van der Waals surface area (Å²) < 4.78 is 8.02. The van der Waals surface area contributed by atoms with Crippen LogP contribution in [0.1, 0.15) is 32.8 Å². The molecule has 0 radical (unpaired) electrons. The summed E-state index contributed by atoms with van der Waals surface area (Å²) in [4.78, 5) is 0. The maximum Gasteiger partial charge on any atom is 0.0645 e. The van der Waals surface area contributed by atoms with Gasteiger partial charge in [0.25, 0.3) is 0 Å². The van der Waals surface area contributed by atoms with Crippen molar-refractivity contribution in [3.63, 3.8) is 0 Å². The van der Waals surface area contributed by atoms with Crippen molar-refractivity contribution in [2.45, 2.75) is 40.3 Å². The minimum absolute atomic E-state index is 0.714. The first-order valence-corrected chi connectivity index (χ1v) is 8.07. The van der Waals surface area contributed by atoms with Gasteiger partial charge in [0.05, 0.1) is 6.61 Å². The molecule has 3 nitrogen and oxygen atoms in total. The molecular formula is C18H28N2O. The highest BCUT2D eigenvalue weighted by Crippen LogP contribution is 2.20. The lowest BCUT2D eigenvalue weighted by molar-refractivity contribution is 0.117. The number of fused-ring (bicyclic) bond motifs is 1. The van der Waals surface area contributed by atoms with Crippen molar-refractivity contribution in [1.29, 1.82) is 0 Å². The molecule has 1 aromatic carbocycles. The summed E-state index contributed by atoms with van der Waals surface area (Å²) in [5.74, 6) is 0.714. The van der Waals surface area contributed by atoms with Crippen molar-refractivity contribution < 1.29 is 4.74 Å². The van der Waals surface area contributed by atoms with Crippen molar-refractivity contribution in [2.75, 3.05) is 19.8 Å². The average Bonchev–Trinajstić information content (AvgIpc) is 2.88. The van der Waals surface area contributed by atoms with Crippen LogP contribution < -0.4 is 5.32 Å². The number of nitrogens with one attached hydrogen (secondary N) is 1. The molecule has 1 heterocycles. The summed E-state index contributed by atoms with van der Waals surface area (Å²) in [5, 5.41) is 4.75. The normalized spacial score (nSPS) is 11.6. The van der Waals surface area contributed by atoms with Crippen molar-refractivity contribution in [1.82, 2.24) is 9.88 Å². The number of nitrogens with zero attached hydrogens (tertiary/aromatic N) is 1. The van der Waals surface area contributed by atoms with Gasteiger partial charge in [0, 0.05) is 36.8 Å². The Bertz CT molecular complexity index is 545. The van der Waals surface area contributed by atoms with Gasteiger partial charge in [-0.05, 0) is 36.6 Å². The molecule has 0 atom stereocenters. The Hall–Kier alpha value is -1.32. The van der Waals surface area contributed by atoms with E-state index in [9.17, 15) is 0 Å². The van der Waals surface area contributed by atoms with Gasteiger partial charge < -0.3 is 14.6 Å². The molecule has 0 aliphatic carbocycles. The molecule has 0 saturated carbocycles. The van der Waals surface area contributed by atoms with E-state index in [2.05, 4.69) is 61.1 Å². The van der Waals surface area contributed by atoms with Crippen LogP contribution in [-0.4, -0.2) is 24.3 Å². The van der Waals surface area contributed by atoms with Gasteiger partial charge in [-0.3, -0.25) is 0 Å². The van der Waals surface area contributed by atoms with Gasteiger partial charge in [-0.2, -0.15) is 0 Å². The quantitative estimate of drug-likeness (QED) is 0.710. The summed E-state index contributed by atoms with van der Waals surface area (Å²) in [6.07, 6.45) is 3.31. The molecule has 0 amide bonds. The third-order valence-electron chi connectivity index (χ3n) is 3.79. The van der Waals surface area contributed by atoms with Crippen LogP contribution in [0.2, 0.25) is 0 Å². The highest BCUT2D eigenvalue weighted by Gasteiger charge is 2.05.